The van der Waals surface area contributed by atoms with Gasteiger partial charge in [0.1, 0.15) is 0 Å². The van der Waals surface area contributed by atoms with Gasteiger partial charge < -0.3 is 10.2 Å². The summed E-state index contributed by atoms with van der Waals surface area (Å²) in [5.41, 5.74) is 3.24. The lowest BCUT2D eigenvalue weighted by molar-refractivity contribution is 0.279. The van der Waals surface area contributed by atoms with Gasteiger partial charge in [0.15, 0.2) is 0 Å². The molecule has 0 saturated carbocycles. The SMILES string of the molecule is CC1(C)CCN(c2cnn3c2CNCC3)CC1. The molecular formula is C13H22N4. The fourth-order valence-corrected chi connectivity index (χ4v) is 2.78. The Labute approximate surface area is 103 Å². The Balaban J connectivity index is 1.79. The second-order valence-electron chi connectivity index (χ2n) is 6.03. The summed E-state index contributed by atoms with van der Waals surface area (Å²) in [6.45, 7) is 10.1. The standard InChI is InChI=1S/C13H22N4/c1-13(2)3-6-16(7-4-13)11-10-15-17-8-5-14-9-12(11)17/h10,14H,3-9H2,1-2H3. The molecule has 0 atom stereocenters. The zero-order chi connectivity index (χ0) is 11.9. The molecule has 17 heavy (non-hydrogen) atoms. The topological polar surface area (TPSA) is 33.1 Å². The van der Waals surface area contributed by atoms with Crippen LogP contribution in [0.1, 0.15) is 32.4 Å². The van der Waals surface area contributed by atoms with Gasteiger partial charge in [-0.3, -0.25) is 4.68 Å². The molecule has 0 spiro atoms. The number of anilines is 1. The van der Waals surface area contributed by atoms with Gasteiger partial charge in [-0.2, -0.15) is 5.10 Å². The highest BCUT2D eigenvalue weighted by atomic mass is 15.3. The lowest BCUT2D eigenvalue weighted by atomic mass is 9.82. The second kappa shape index (κ2) is 4.02. The third-order valence-corrected chi connectivity index (χ3v) is 4.18. The molecule has 1 N–H and O–H groups in total. The first-order valence-electron chi connectivity index (χ1n) is 6.66. The van der Waals surface area contributed by atoms with Crippen LogP contribution in [0.2, 0.25) is 0 Å². The number of aromatic nitrogens is 2. The Morgan fingerprint density at radius 3 is 2.76 bits per heavy atom. The van der Waals surface area contributed by atoms with Crippen molar-refractivity contribution in [2.45, 2.75) is 39.8 Å². The summed E-state index contributed by atoms with van der Waals surface area (Å²) in [6, 6.07) is 0. The van der Waals surface area contributed by atoms with Crippen molar-refractivity contribution in [2.75, 3.05) is 24.5 Å². The van der Waals surface area contributed by atoms with E-state index in [4.69, 9.17) is 0 Å². The number of nitrogens with zero attached hydrogens (tertiary/aromatic N) is 3. The molecule has 0 unspecified atom stereocenters. The van der Waals surface area contributed by atoms with E-state index in [1.165, 1.54) is 37.3 Å². The van der Waals surface area contributed by atoms with Gasteiger partial charge in [0.25, 0.3) is 0 Å². The molecule has 3 rings (SSSR count). The van der Waals surface area contributed by atoms with Crippen molar-refractivity contribution in [3.8, 4) is 0 Å². The summed E-state index contributed by atoms with van der Waals surface area (Å²) < 4.78 is 2.16. The van der Waals surface area contributed by atoms with Gasteiger partial charge in [0.05, 0.1) is 24.1 Å². The summed E-state index contributed by atoms with van der Waals surface area (Å²) in [5, 5.41) is 7.94. The minimum absolute atomic E-state index is 0.516. The first-order chi connectivity index (χ1) is 8.16. The quantitative estimate of drug-likeness (QED) is 0.801. The van der Waals surface area contributed by atoms with Crippen molar-refractivity contribution < 1.29 is 0 Å². The highest BCUT2D eigenvalue weighted by molar-refractivity contribution is 5.50. The van der Waals surface area contributed by atoms with Crippen LogP contribution in [0.3, 0.4) is 0 Å². The average molecular weight is 234 g/mol. The molecule has 0 amide bonds. The minimum Gasteiger partial charge on any atom is -0.369 e. The van der Waals surface area contributed by atoms with E-state index >= 15 is 0 Å². The van der Waals surface area contributed by atoms with Crippen LogP contribution < -0.4 is 10.2 Å². The lowest BCUT2D eigenvalue weighted by Gasteiger charge is -2.38. The normalized spacial score (nSPS) is 23.5. The van der Waals surface area contributed by atoms with Gasteiger partial charge in [0.2, 0.25) is 0 Å². The van der Waals surface area contributed by atoms with Crippen molar-refractivity contribution in [3.63, 3.8) is 0 Å². The number of piperidine rings is 1. The molecular weight excluding hydrogens is 212 g/mol. The van der Waals surface area contributed by atoms with E-state index < -0.39 is 0 Å². The molecule has 3 heterocycles. The Kier molecular flexibility index (Phi) is 2.62. The number of rotatable bonds is 1. The number of nitrogens with one attached hydrogen (secondary N) is 1. The van der Waals surface area contributed by atoms with Crippen LogP contribution in [-0.4, -0.2) is 29.4 Å². The average Bonchev–Trinajstić information content (AvgIpc) is 2.73. The highest BCUT2D eigenvalue weighted by Gasteiger charge is 2.28. The predicted octanol–water partition coefficient (Wildman–Crippen LogP) is 1.61. The summed E-state index contributed by atoms with van der Waals surface area (Å²) in [5.74, 6) is 0. The number of hydrogen-bond donors (Lipinski definition) is 1. The van der Waals surface area contributed by atoms with Crippen LogP contribution in [0.15, 0.2) is 6.20 Å². The molecule has 1 aromatic rings. The number of fused-ring (bicyclic) bond motifs is 1. The molecule has 2 aliphatic heterocycles. The fraction of sp³-hybridized carbons (Fsp3) is 0.769. The molecule has 0 radical (unpaired) electrons. The van der Waals surface area contributed by atoms with Crippen molar-refractivity contribution in [1.29, 1.82) is 0 Å². The van der Waals surface area contributed by atoms with Crippen molar-refractivity contribution in [2.24, 2.45) is 5.41 Å². The van der Waals surface area contributed by atoms with E-state index in [1.807, 2.05) is 0 Å². The molecule has 1 saturated heterocycles. The molecule has 0 aromatic carbocycles. The molecule has 1 fully saturated rings. The van der Waals surface area contributed by atoms with E-state index in [1.54, 1.807) is 0 Å². The monoisotopic (exact) mass is 234 g/mol. The lowest BCUT2D eigenvalue weighted by Crippen LogP contribution is -2.38. The Morgan fingerprint density at radius 2 is 2.00 bits per heavy atom. The summed E-state index contributed by atoms with van der Waals surface area (Å²) in [6.07, 6.45) is 4.62. The van der Waals surface area contributed by atoms with Crippen molar-refractivity contribution in [3.05, 3.63) is 11.9 Å². The molecule has 0 bridgehead atoms. The first kappa shape index (κ1) is 11.1. The van der Waals surface area contributed by atoms with Crippen molar-refractivity contribution >= 4 is 5.69 Å². The molecule has 4 nitrogen and oxygen atoms in total. The van der Waals surface area contributed by atoms with Gasteiger partial charge in [-0.05, 0) is 18.3 Å². The van der Waals surface area contributed by atoms with Gasteiger partial charge in [-0.15, -0.1) is 0 Å². The molecule has 0 aliphatic carbocycles. The van der Waals surface area contributed by atoms with Gasteiger partial charge >= 0.3 is 0 Å². The van der Waals surface area contributed by atoms with Crippen LogP contribution >= 0.6 is 0 Å². The third-order valence-electron chi connectivity index (χ3n) is 4.18. The van der Waals surface area contributed by atoms with Crippen LogP contribution in [0.25, 0.3) is 0 Å². The number of hydrogen-bond acceptors (Lipinski definition) is 3. The summed E-state index contributed by atoms with van der Waals surface area (Å²) in [4.78, 5) is 2.51. The molecule has 2 aliphatic rings. The van der Waals surface area contributed by atoms with Crippen LogP contribution in [0, 0.1) is 5.41 Å². The first-order valence-corrected chi connectivity index (χ1v) is 6.66. The van der Waals surface area contributed by atoms with Crippen LogP contribution in [0.4, 0.5) is 5.69 Å². The van der Waals surface area contributed by atoms with Crippen molar-refractivity contribution in [1.82, 2.24) is 15.1 Å². The third kappa shape index (κ3) is 2.06. The van der Waals surface area contributed by atoms with E-state index in [2.05, 4.69) is 40.0 Å². The van der Waals surface area contributed by atoms with Crippen LogP contribution in [-0.2, 0) is 13.1 Å². The maximum atomic E-state index is 4.50. The molecule has 94 valence electrons. The maximum absolute atomic E-state index is 4.50. The Morgan fingerprint density at radius 1 is 1.24 bits per heavy atom. The molecule has 1 aromatic heterocycles. The van der Waals surface area contributed by atoms with E-state index in [0.29, 0.717) is 5.41 Å². The maximum Gasteiger partial charge on any atom is 0.0798 e. The summed E-state index contributed by atoms with van der Waals surface area (Å²) >= 11 is 0. The van der Waals surface area contributed by atoms with Gasteiger partial charge in [-0.1, -0.05) is 13.8 Å². The fourth-order valence-electron chi connectivity index (χ4n) is 2.78. The zero-order valence-electron chi connectivity index (χ0n) is 10.9. The smallest absolute Gasteiger partial charge is 0.0798 e. The van der Waals surface area contributed by atoms with Crippen LogP contribution in [0.5, 0.6) is 0 Å². The van der Waals surface area contributed by atoms with E-state index in [9.17, 15) is 0 Å². The van der Waals surface area contributed by atoms with E-state index in [-0.39, 0.29) is 0 Å². The Hall–Kier alpha value is -1.03. The van der Waals surface area contributed by atoms with E-state index in [0.717, 1.165) is 19.6 Å². The molecule has 4 heteroatoms. The summed E-state index contributed by atoms with van der Waals surface area (Å²) in [7, 11) is 0. The largest absolute Gasteiger partial charge is 0.369 e. The minimum atomic E-state index is 0.516. The second-order valence-corrected chi connectivity index (χ2v) is 6.03. The zero-order valence-corrected chi connectivity index (χ0v) is 10.9. The van der Waals surface area contributed by atoms with Gasteiger partial charge in [0, 0.05) is 26.2 Å². The Bertz CT molecular complexity index is 398. The highest BCUT2D eigenvalue weighted by Crippen LogP contribution is 2.33. The predicted molar refractivity (Wildman–Crippen MR) is 69.2 cm³/mol. The van der Waals surface area contributed by atoms with Gasteiger partial charge in [-0.25, -0.2) is 0 Å².